The highest BCUT2D eigenvalue weighted by atomic mass is 79.9. The first-order valence-corrected chi connectivity index (χ1v) is 10.5. The molecular formula is C20H31BrN4O. The van der Waals surface area contributed by atoms with Crippen molar-refractivity contribution in [3.05, 3.63) is 34.3 Å². The summed E-state index contributed by atoms with van der Waals surface area (Å²) in [7, 11) is 1.85. The number of aliphatic imine (C=N–C) groups is 1. The fourth-order valence-electron chi connectivity index (χ4n) is 3.55. The summed E-state index contributed by atoms with van der Waals surface area (Å²) >= 11 is 3.70. The zero-order chi connectivity index (χ0) is 18.2. The van der Waals surface area contributed by atoms with E-state index in [1.807, 2.05) is 7.05 Å². The zero-order valence-corrected chi connectivity index (χ0v) is 17.4. The van der Waals surface area contributed by atoms with E-state index in [9.17, 15) is 0 Å². The van der Waals surface area contributed by atoms with Gasteiger partial charge in [0.15, 0.2) is 5.96 Å². The van der Waals surface area contributed by atoms with E-state index in [0.29, 0.717) is 0 Å². The lowest BCUT2D eigenvalue weighted by atomic mass is 9.96. The normalized spacial score (nSPS) is 20.0. The van der Waals surface area contributed by atoms with E-state index in [0.717, 1.165) is 51.8 Å². The van der Waals surface area contributed by atoms with E-state index in [-0.39, 0.29) is 5.41 Å². The molecule has 0 spiro atoms. The van der Waals surface area contributed by atoms with Crippen molar-refractivity contribution in [2.45, 2.75) is 31.1 Å². The van der Waals surface area contributed by atoms with Gasteiger partial charge in [-0.15, -0.1) is 0 Å². The van der Waals surface area contributed by atoms with E-state index in [1.54, 1.807) is 0 Å². The predicted molar refractivity (Wildman–Crippen MR) is 111 cm³/mol. The average molecular weight is 423 g/mol. The molecule has 2 N–H and O–H groups in total. The summed E-state index contributed by atoms with van der Waals surface area (Å²) in [4.78, 5) is 6.87. The number of rotatable bonds is 8. The number of benzene rings is 1. The molecule has 0 bridgehead atoms. The lowest BCUT2D eigenvalue weighted by molar-refractivity contribution is 0.0372. The summed E-state index contributed by atoms with van der Waals surface area (Å²) in [6.07, 6.45) is 4.84. The number of nitrogens with one attached hydrogen (secondary N) is 2. The molecule has 6 heteroatoms. The molecule has 1 saturated heterocycles. The van der Waals surface area contributed by atoms with Crippen LogP contribution in [0.1, 0.15) is 31.2 Å². The number of hydrogen-bond donors (Lipinski definition) is 2. The Bertz CT molecular complexity index is 597. The number of hydrogen-bond acceptors (Lipinski definition) is 3. The van der Waals surface area contributed by atoms with Crippen LogP contribution < -0.4 is 10.6 Å². The number of halogens is 1. The molecule has 5 nitrogen and oxygen atoms in total. The summed E-state index contributed by atoms with van der Waals surface area (Å²) in [5.41, 5.74) is 1.67. The van der Waals surface area contributed by atoms with Crippen LogP contribution in [0.2, 0.25) is 0 Å². The van der Waals surface area contributed by atoms with Crippen LogP contribution in [0.15, 0.2) is 33.7 Å². The molecule has 0 aromatic heterocycles. The highest BCUT2D eigenvalue weighted by molar-refractivity contribution is 9.10. The summed E-state index contributed by atoms with van der Waals surface area (Å²) < 4.78 is 6.60. The van der Waals surface area contributed by atoms with Crippen molar-refractivity contribution >= 4 is 21.9 Å². The molecule has 1 heterocycles. The van der Waals surface area contributed by atoms with E-state index >= 15 is 0 Å². The highest BCUT2D eigenvalue weighted by Gasteiger charge is 2.45. The SMILES string of the molecule is CN=C(NCCCCN1CCOCC1)NCC1(c2ccccc2Br)CC1. The average Bonchev–Trinajstić information content (AvgIpc) is 3.46. The first-order chi connectivity index (χ1) is 12.7. The third kappa shape index (κ3) is 5.44. The number of morpholine rings is 1. The van der Waals surface area contributed by atoms with Gasteiger partial charge in [-0.3, -0.25) is 9.89 Å². The Morgan fingerprint density at radius 3 is 2.65 bits per heavy atom. The van der Waals surface area contributed by atoms with Crippen LogP contribution in [0.5, 0.6) is 0 Å². The fourth-order valence-corrected chi connectivity index (χ4v) is 4.25. The lowest BCUT2D eigenvalue weighted by Crippen LogP contribution is -2.42. The van der Waals surface area contributed by atoms with Crippen LogP contribution in [0, 0.1) is 0 Å². The van der Waals surface area contributed by atoms with Gasteiger partial charge in [0.1, 0.15) is 0 Å². The lowest BCUT2D eigenvalue weighted by Gasteiger charge is -2.26. The molecule has 0 unspecified atom stereocenters. The minimum Gasteiger partial charge on any atom is -0.379 e. The monoisotopic (exact) mass is 422 g/mol. The van der Waals surface area contributed by atoms with Crippen molar-refractivity contribution in [3.63, 3.8) is 0 Å². The smallest absolute Gasteiger partial charge is 0.191 e. The maximum absolute atomic E-state index is 5.39. The van der Waals surface area contributed by atoms with Crippen LogP contribution in [0.25, 0.3) is 0 Å². The van der Waals surface area contributed by atoms with Crippen LogP contribution in [0.4, 0.5) is 0 Å². The molecule has 2 aliphatic rings. The molecule has 1 saturated carbocycles. The summed E-state index contributed by atoms with van der Waals surface area (Å²) in [5, 5.41) is 6.99. The zero-order valence-electron chi connectivity index (χ0n) is 15.8. The van der Waals surface area contributed by atoms with Gasteiger partial charge in [-0.25, -0.2) is 0 Å². The number of guanidine groups is 1. The van der Waals surface area contributed by atoms with Crippen molar-refractivity contribution in [2.24, 2.45) is 4.99 Å². The first-order valence-electron chi connectivity index (χ1n) is 9.73. The fraction of sp³-hybridized carbons (Fsp3) is 0.650. The van der Waals surface area contributed by atoms with Crippen molar-refractivity contribution in [3.8, 4) is 0 Å². The number of unbranched alkanes of at least 4 members (excludes halogenated alkanes) is 1. The van der Waals surface area contributed by atoms with Crippen molar-refractivity contribution in [1.29, 1.82) is 0 Å². The van der Waals surface area contributed by atoms with Crippen molar-refractivity contribution in [1.82, 2.24) is 15.5 Å². The van der Waals surface area contributed by atoms with Gasteiger partial charge in [-0.05, 0) is 43.9 Å². The largest absolute Gasteiger partial charge is 0.379 e. The van der Waals surface area contributed by atoms with Crippen molar-refractivity contribution in [2.75, 3.05) is 53.0 Å². The Hall–Kier alpha value is -1.11. The minimum atomic E-state index is 0.258. The molecule has 26 heavy (non-hydrogen) atoms. The van der Waals surface area contributed by atoms with Gasteiger partial charge in [-0.2, -0.15) is 0 Å². The topological polar surface area (TPSA) is 48.9 Å². The Balaban J connectivity index is 1.35. The molecular weight excluding hydrogens is 392 g/mol. The second-order valence-electron chi connectivity index (χ2n) is 7.27. The molecule has 2 fully saturated rings. The Morgan fingerprint density at radius 2 is 1.96 bits per heavy atom. The molecule has 1 aromatic rings. The van der Waals surface area contributed by atoms with E-state index in [1.165, 1.54) is 35.8 Å². The van der Waals surface area contributed by atoms with Gasteiger partial charge in [0.05, 0.1) is 13.2 Å². The van der Waals surface area contributed by atoms with Gasteiger partial charge in [0.25, 0.3) is 0 Å². The maximum atomic E-state index is 5.39. The summed E-state index contributed by atoms with van der Waals surface area (Å²) in [6, 6.07) is 8.58. The Labute approximate surface area is 165 Å². The van der Waals surface area contributed by atoms with Gasteiger partial charge >= 0.3 is 0 Å². The van der Waals surface area contributed by atoms with Crippen molar-refractivity contribution < 1.29 is 4.74 Å². The van der Waals surface area contributed by atoms with Gasteiger partial charge in [0, 0.05) is 43.1 Å². The summed E-state index contributed by atoms with van der Waals surface area (Å²) in [6.45, 7) is 6.99. The quantitative estimate of drug-likeness (QED) is 0.384. The first kappa shape index (κ1) is 19.6. The standard InChI is InChI=1S/C20H31BrN4O/c1-22-19(23-10-4-5-11-25-12-14-26-15-13-25)24-16-20(8-9-20)17-6-2-3-7-18(17)21/h2-3,6-7H,4-5,8-16H2,1H3,(H2,22,23,24). The predicted octanol–water partition coefficient (Wildman–Crippen LogP) is 2.76. The molecule has 1 aromatic carbocycles. The molecule has 1 aliphatic heterocycles. The Morgan fingerprint density at radius 1 is 1.19 bits per heavy atom. The van der Waals surface area contributed by atoms with Crippen LogP contribution in [-0.2, 0) is 10.2 Å². The number of ether oxygens (including phenoxy) is 1. The van der Waals surface area contributed by atoms with E-state index < -0.39 is 0 Å². The van der Waals surface area contributed by atoms with Crippen LogP contribution >= 0.6 is 15.9 Å². The Kier molecular flexibility index (Phi) is 7.34. The van der Waals surface area contributed by atoms with E-state index in [2.05, 4.69) is 60.7 Å². The second-order valence-corrected chi connectivity index (χ2v) is 8.13. The molecule has 1 aliphatic carbocycles. The van der Waals surface area contributed by atoms with E-state index in [4.69, 9.17) is 4.74 Å². The molecule has 144 valence electrons. The van der Waals surface area contributed by atoms with Gasteiger partial charge in [0.2, 0.25) is 0 Å². The number of nitrogens with zero attached hydrogens (tertiary/aromatic N) is 2. The van der Waals surface area contributed by atoms with Crippen LogP contribution in [-0.4, -0.2) is 63.8 Å². The summed E-state index contributed by atoms with van der Waals surface area (Å²) in [5.74, 6) is 0.912. The molecule has 0 radical (unpaired) electrons. The second kappa shape index (κ2) is 9.72. The molecule has 0 amide bonds. The van der Waals surface area contributed by atoms with Gasteiger partial charge < -0.3 is 15.4 Å². The third-order valence-electron chi connectivity index (χ3n) is 5.41. The molecule has 3 rings (SSSR count). The highest BCUT2D eigenvalue weighted by Crippen LogP contribution is 2.49. The van der Waals surface area contributed by atoms with Crippen LogP contribution in [0.3, 0.4) is 0 Å². The molecule has 0 atom stereocenters. The van der Waals surface area contributed by atoms with Gasteiger partial charge in [-0.1, -0.05) is 34.1 Å². The minimum absolute atomic E-state index is 0.258. The third-order valence-corrected chi connectivity index (χ3v) is 6.11. The maximum Gasteiger partial charge on any atom is 0.191 e.